The molecule has 0 aliphatic heterocycles. The first-order valence-electron chi connectivity index (χ1n) is 10.1. The molecule has 30 heavy (non-hydrogen) atoms. The highest BCUT2D eigenvalue weighted by Gasteiger charge is 2.29. The molecule has 0 aliphatic carbocycles. The SMILES string of the molecule is CCC(C)NC(=O)C(CC)N(Cc1ccc(F)cc1)C(=O)COc1ccc(I)cc1. The van der Waals surface area contributed by atoms with Gasteiger partial charge < -0.3 is 15.0 Å². The van der Waals surface area contributed by atoms with Crippen LogP contribution < -0.4 is 10.1 Å². The smallest absolute Gasteiger partial charge is 0.261 e. The standard InChI is InChI=1S/C23H28FIN2O3/c1-4-16(3)26-23(29)21(5-2)27(14-17-6-8-18(24)9-7-17)22(28)15-30-20-12-10-19(25)11-13-20/h6-13,16,21H,4-5,14-15H2,1-3H3,(H,26,29). The first kappa shape index (κ1) is 24.1. The quantitative estimate of drug-likeness (QED) is 0.463. The van der Waals surface area contributed by atoms with Crippen LogP contribution >= 0.6 is 22.6 Å². The molecule has 0 aromatic heterocycles. The van der Waals surface area contributed by atoms with E-state index in [0.717, 1.165) is 15.6 Å². The van der Waals surface area contributed by atoms with E-state index in [1.165, 1.54) is 17.0 Å². The summed E-state index contributed by atoms with van der Waals surface area (Å²) in [7, 11) is 0. The molecule has 0 bridgehead atoms. The van der Waals surface area contributed by atoms with Gasteiger partial charge in [-0.1, -0.05) is 26.0 Å². The van der Waals surface area contributed by atoms with Crippen LogP contribution in [0.5, 0.6) is 5.75 Å². The van der Waals surface area contributed by atoms with Crippen molar-refractivity contribution in [1.82, 2.24) is 10.2 Å². The van der Waals surface area contributed by atoms with Crippen molar-refractivity contribution in [3.63, 3.8) is 0 Å². The third kappa shape index (κ3) is 7.27. The predicted octanol–water partition coefficient (Wildman–Crippen LogP) is 4.53. The lowest BCUT2D eigenvalue weighted by molar-refractivity contribution is -0.143. The van der Waals surface area contributed by atoms with Crippen molar-refractivity contribution in [2.75, 3.05) is 6.61 Å². The van der Waals surface area contributed by atoms with Gasteiger partial charge in [-0.15, -0.1) is 0 Å². The molecule has 2 amide bonds. The predicted molar refractivity (Wildman–Crippen MR) is 124 cm³/mol. The first-order chi connectivity index (χ1) is 14.3. The lowest BCUT2D eigenvalue weighted by Gasteiger charge is -2.31. The molecule has 7 heteroatoms. The summed E-state index contributed by atoms with van der Waals surface area (Å²) in [5, 5.41) is 2.96. The highest BCUT2D eigenvalue weighted by Crippen LogP contribution is 2.16. The van der Waals surface area contributed by atoms with Crippen LogP contribution in [0.2, 0.25) is 0 Å². The Hall–Kier alpha value is -2.16. The summed E-state index contributed by atoms with van der Waals surface area (Å²) in [4.78, 5) is 27.4. The fraction of sp³-hybridized carbons (Fsp3) is 0.391. The van der Waals surface area contributed by atoms with Crippen LogP contribution in [0, 0.1) is 9.39 Å². The lowest BCUT2D eigenvalue weighted by atomic mass is 10.1. The van der Waals surface area contributed by atoms with Gasteiger partial charge in [-0.05, 0) is 84.3 Å². The van der Waals surface area contributed by atoms with Gasteiger partial charge >= 0.3 is 0 Å². The Morgan fingerprint density at radius 3 is 2.27 bits per heavy atom. The number of amides is 2. The van der Waals surface area contributed by atoms with E-state index in [4.69, 9.17) is 4.74 Å². The molecular formula is C23H28FIN2O3. The molecule has 0 saturated heterocycles. The average molecular weight is 526 g/mol. The first-order valence-corrected chi connectivity index (χ1v) is 11.1. The van der Waals surface area contributed by atoms with Crippen molar-refractivity contribution in [2.45, 2.75) is 52.2 Å². The van der Waals surface area contributed by atoms with E-state index in [0.29, 0.717) is 12.2 Å². The molecule has 1 N–H and O–H groups in total. The molecule has 0 fully saturated rings. The van der Waals surface area contributed by atoms with Gasteiger partial charge in [-0.2, -0.15) is 0 Å². The Morgan fingerprint density at radius 2 is 1.70 bits per heavy atom. The van der Waals surface area contributed by atoms with Crippen LogP contribution in [-0.2, 0) is 16.1 Å². The van der Waals surface area contributed by atoms with Gasteiger partial charge in [0.15, 0.2) is 6.61 Å². The minimum absolute atomic E-state index is 0.0114. The van der Waals surface area contributed by atoms with Gasteiger partial charge in [0.05, 0.1) is 0 Å². The summed E-state index contributed by atoms with van der Waals surface area (Å²) in [5.41, 5.74) is 0.744. The number of nitrogens with one attached hydrogen (secondary N) is 1. The number of halogens is 2. The fourth-order valence-electron chi connectivity index (χ4n) is 2.91. The highest BCUT2D eigenvalue weighted by atomic mass is 127. The molecule has 2 unspecified atom stereocenters. The number of rotatable bonds is 10. The maximum Gasteiger partial charge on any atom is 0.261 e. The maximum atomic E-state index is 13.3. The minimum atomic E-state index is -0.642. The van der Waals surface area contributed by atoms with Crippen LogP contribution in [0.3, 0.4) is 0 Å². The Morgan fingerprint density at radius 1 is 1.07 bits per heavy atom. The van der Waals surface area contributed by atoms with Crippen LogP contribution in [-0.4, -0.2) is 35.4 Å². The molecule has 2 aromatic carbocycles. The zero-order valence-electron chi connectivity index (χ0n) is 17.5. The highest BCUT2D eigenvalue weighted by molar-refractivity contribution is 14.1. The van der Waals surface area contributed by atoms with Crippen molar-refractivity contribution >= 4 is 34.4 Å². The molecule has 0 aliphatic rings. The minimum Gasteiger partial charge on any atom is -0.484 e. The number of hydrogen-bond donors (Lipinski definition) is 1. The monoisotopic (exact) mass is 526 g/mol. The zero-order chi connectivity index (χ0) is 22.1. The molecule has 0 heterocycles. The van der Waals surface area contributed by atoms with Gasteiger partial charge in [0.1, 0.15) is 17.6 Å². The second-order valence-electron chi connectivity index (χ2n) is 7.13. The van der Waals surface area contributed by atoms with Crippen LogP contribution in [0.1, 0.15) is 39.2 Å². The second-order valence-corrected chi connectivity index (χ2v) is 8.38. The largest absolute Gasteiger partial charge is 0.484 e. The fourth-order valence-corrected chi connectivity index (χ4v) is 3.27. The third-order valence-electron chi connectivity index (χ3n) is 4.83. The number of nitrogens with zero attached hydrogens (tertiary/aromatic N) is 1. The third-order valence-corrected chi connectivity index (χ3v) is 5.55. The molecule has 0 radical (unpaired) electrons. The molecule has 0 saturated carbocycles. The summed E-state index contributed by atoms with van der Waals surface area (Å²) >= 11 is 2.19. The van der Waals surface area contributed by atoms with E-state index in [9.17, 15) is 14.0 Å². The van der Waals surface area contributed by atoms with E-state index in [2.05, 4.69) is 27.9 Å². The van der Waals surface area contributed by atoms with E-state index >= 15 is 0 Å². The Labute approximate surface area is 191 Å². The molecule has 2 atom stereocenters. The van der Waals surface area contributed by atoms with Gasteiger partial charge in [0, 0.05) is 16.2 Å². The average Bonchev–Trinajstić information content (AvgIpc) is 2.74. The van der Waals surface area contributed by atoms with Crippen molar-refractivity contribution in [1.29, 1.82) is 0 Å². The van der Waals surface area contributed by atoms with Crippen molar-refractivity contribution in [2.24, 2.45) is 0 Å². The number of benzene rings is 2. The molecule has 2 rings (SSSR count). The van der Waals surface area contributed by atoms with Crippen LogP contribution in [0.25, 0.3) is 0 Å². The molecule has 5 nitrogen and oxygen atoms in total. The van der Waals surface area contributed by atoms with Crippen LogP contribution in [0.4, 0.5) is 4.39 Å². The molecule has 162 valence electrons. The maximum absolute atomic E-state index is 13.3. The normalized spacial score (nSPS) is 12.7. The lowest BCUT2D eigenvalue weighted by Crippen LogP contribution is -2.51. The molecular weight excluding hydrogens is 498 g/mol. The Bertz CT molecular complexity index is 827. The van der Waals surface area contributed by atoms with E-state index in [-0.39, 0.29) is 36.8 Å². The number of hydrogen-bond acceptors (Lipinski definition) is 3. The number of carbonyl (C=O) groups is 2. The zero-order valence-corrected chi connectivity index (χ0v) is 19.7. The van der Waals surface area contributed by atoms with E-state index in [1.807, 2.05) is 32.9 Å². The van der Waals surface area contributed by atoms with Gasteiger partial charge in [-0.25, -0.2) is 4.39 Å². The number of ether oxygens (including phenoxy) is 1. The van der Waals surface area contributed by atoms with Gasteiger partial charge in [0.2, 0.25) is 5.91 Å². The summed E-state index contributed by atoms with van der Waals surface area (Å²) in [5.74, 6) is -0.261. The summed E-state index contributed by atoms with van der Waals surface area (Å²) < 4.78 is 20.0. The van der Waals surface area contributed by atoms with E-state index < -0.39 is 6.04 Å². The number of carbonyl (C=O) groups excluding carboxylic acids is 2. The molecule has 0 spiro atoms. The summed E-state index contributed by atoms with van der Waals surface area (Å²) in [6.07, 6.45) is 1.25. The Balaban J connectivity index is 2.19. The van der Waals surface area contributed by atoms with Crippen molar-refractivity contribution in [3.8, 4) is 5.75 Å². The van der Waals surface area contributed by atoms with Gasteiger partial charge in [-0.3, -0.25) is 9.59 Å². The van der Waals surface area contributed by atoms with Crippen LogP contribution in [0.15, 0.2) is 48.5 Å². The molecule has 2 aromatic rings. The van der Waals surface area contributed by atoms with Crippen molar-refractivity contribution in [3.05, 3.63) is 63.5 Å². The van der Waals surface area contributed by atoms with Gasteiger partial charge in [0.25, 0.3) is 5.91 Å². The Kier molecular flexibility index (Phi) is 9.55. The second kappa shape index (κ2) is 11.9. The van der Waals surface area contributed by atoms with Crippen molar-refractivity contribution < 1.29 is 18.7 Å². The summed E-state index contributed by atoms with van der Waals surface area (Å²) in [6.45, 7) is 5.79. The topological polar surface area (TPSA) is 58.6 Å². The van der Waals surface area contributed by atoms with E-state index in [1.54, 1.807) is 24.3 Å². The summed E-state index contributed by atoms with van der Waals surface area (Å²) in [6, 6.07) is 12.7.